The van der Waals surface area contributed by atoms with Crippen molar-refractivity contribution in [3.8, 4) is 0 Å². The highest BCUT2D eigenvalue weighted by Crippen LogP contribution is 2.12. The van der Waals surface area contributed by atoms with Crippen LogP contribution in [0.5, 0.6) is 0 Å². The maximum atomic E-state index is 12.7. The van der Waals surface area contributed by atoms with Gasteiger partial charge in [0.15, 0.2) is 0 Å². The van der Waals surface area contributed by atoms with Crippen molar-refractivity contribution in [2.75, 3.05) is 24.4 Å². The maximum Gasteiger partial charge on any atom is 0.246 e. The van der Waals surface area contributed by atoms with Gasteiger partial charge in [-0.05, 0) is 24.3 Å². The third-order valence-electron chi connectivity index (χ3n) is 2.15. The summed E-state index contributed by atoms with van der Waals surface area (Å²) in [6, 6.07) is 5.49. The number of nitrogens with zero attached hydrogens (tertiary/aromatic N) is 1. The van der Waals surface area contributed by atoms with Gasteiger partial charge < -0.3 is 10.2 Å². The number of likely N-dealkylation sites (N-methyl/N-ethyl adjacent to an activating group) is 1. The summed E-state index contributed by atoms with van der Waals surface area (Å²) < 4.78 is 12.7. The minimum absolute atomic E-state index is 0.139. The molecule has 0 atom stereocenters. The van der Waals surface area contributed by atoms with Crippen LogP contribution in [0.15, 0.2) is 24.3 Å². The second-order valence-electron chi connectivity index (χ2n) is 3.34. The molecule has 0 heterocycles. The average molecular weight is 259 g/mol. The quantitative estimate of drug-likeness (QED) is 0.824. The lowest BCUT2D eigenvalue weighted by molar-refractivity contribution is -0.123. The van der Waals surface area contributed by atoms with Gasteiger partial charge in [0.2, 0.25) is 11.8 Å². The van der Waals surface area contributed by atoms with Crippen molar-refractivity contribution in [3.05, 3.63) is 30.1 Å². The minimum Gasteiger partial charge on any atom is -0.346 e. The highest BCUT2D eigenvalue weighted by molar-refractivity contribution is 6.27. The van der Waals surface area contributed by atoms with Crippen molar-refractivity contribution in [2.24, 2.45) is 0 Å². The predicted octanol–water partition coefficient (Wildman–Crippen LogP) is 1.14. The maximum absolute atomic E-state index is 12.7. The van der Waals surface area contributed by atoms with Gasteiger partial charge in [-0.3, -0.25) is 9.59 Å². The lowest BCUT2D eigenvalue weighted by atomic mass is 10.3. The fraction of sp³-hybridized carbons (Fsp3) is 0.273. The summed E-state index contributed by atoms with van der Waals surface area (Å²) in [5.41, 5.74) is 0.552. The third kappa shape index (κ3) is 4.03. The Morgan fingerprint density at radius 2 is 1.94 bits per heavy atom. The molecule has 0 spiro atoms. The number of benzene rings is 1. The average Bonchev–Trinajstić information content (AvgIpc) is 2.35. The van der Waals surface area contributed by atoms with Crippen LogP contribution in [-0.2, 0) is 9.59 Å². The fourth-order valence-corrected chi connectivity index (χ4v) is 1.24. The number of carbonyl (C=O) groups is 2. The van der Waals surface area contributed by atoms with E-state index in [1.165, 1.54) is 29.2 Å². The van der Waals surface area contributed by atoms with Crippen LogP contribution in [0.1, 0.15) is 0 Å². The zero-order valence-electron chi connectivity index (χ0n) is 9.24. The van der Waals surface area contributed by atoms with E-state index in [1.54, 1.807) is 7.05 Å². The highest BCUT2D eigenvalue weighted by Gasteiger charge is 2.11. The first kappa shape index (κ1) is 13.4. The molecule has 0 aliphatic carbocycles. The molecule has 2 amide bonds. The topological polar surface area (TPSA) is 49.4 Å². The first-order valence-corrected chi connectivity index (χ1v) is 5.43. The second-order valence-corrected chi connectivity index (χ2v) is 3.61. The molecule has 0 unspecified atom stereocenters. The number of hydrogen-bond acceptors (Lipinski definition) is 2. The van der Waals surface area contributed by atoms with Crippen LogP contribution in [-0.4, -0.2) is 31.3 Å². The molecule has 0 saturated carbocycles. The number of anilines is 1. The van der Waals surface area contributed by atoms with Crippen molar-refractivity contribution in [2.45, 2.75) is 0 Å². The molecule has 1 aromatic rings. The largest absolute Gasteiger partial charge is 0.346 e. The van der Waals surface area contributed by atoms with Gasteiger partial charge >= 0.3 is 0 Å². The van der Waals surface area contributed by atoms with E-state index in [0.29, 0.717) is 5.69 Å². The Morgan fingerprint density at radius 1 is 1.35 bits per heavy atom. The van der Waals surface area contributed by atoms with E-state index < -0.39 is 5.91 Å². The highest BCUT2D eigenvalue weighted by atomic mass is 35.5. The SMILES string of the molecule is CN(C(=O)CNC(=O)CCl)c1ccc(F)cc1. The summed E-state index contributed by atoms with van der Waals surface area (Å²) in [6.07, 6.45) is 0. The van der Waals surface area contributed by atoms with Crippen LogP contribution >= 0.6 is 11.6 Å². The normalized spacial score (nSPS) is 9.82. The van der Waals surface area contributed by atoms with Crippen LogP contribution in [0.25, 0.3) is 0 Å². The molecule has 0 saturated heterocycles. The van der Waals surface area contributed by atoms with E-state index in [9.17, 15) is 14.0 Å². The molecule has 17 heavy (non-hydrogen) atoms. The minimum atomic E-state index is -0.410. The smallest absolute Gasteiger partial charge is 0.246 e. The lowest BCUT2D eigenvalue weighted by Gasteiger charge is -2.17. The Bertz CT molecular complexity index is 408. The van der Waals surface area contributed by atoms with Gasteiger partial charge in [0, 0.05) is 12.7 Å². The van der Waals surface area contributed by atoms with E-state index in [-0.39, 0.29) is 24.1 Å². The number of rotatable bonds is 4. The first-order valence-electron chi connectivity index (χ1n) is 4.89. The Morgan fingerprint density at radius 3 is 2.47 bits per heavy atom. The standard InChI is InChI=1S/C11H12ClFN2O2/c1-15(9-4-2-8(13)3-5-9)11(17)7-14-10(16)6-12/h2-5H,6-7H2,1H3,(H,14,16). The number of carbonyl (C=O) groups excluding carboxylic acids is 2. The number of halogens is 2. The molecule has 6 heteroatoms. The molecule has 0 aromatic heterocycles. The van der Waals surface area contributed by atoms with Crippen LogP contribution in [0.2, 0.25) is 0 Å². The Balaban J connectivity index is 2.57. The molecule has 1 aromatic carbocycles. The zero-order chi connectivity index (χ0) is 12.8. The zero-order valence-corrected chi connectivity index (χ0v) is 10.00. The Labute approximate surface area is 103 Å². The molecule has 1 N–H and O–H groups in total. The number of nitrogens with one attached hydrogen (secondary N) is 1. The van der Waals surface area contributed by atoms with Crippen molar-refractivity contribution in [3.63, 3.8) is 0 Å². The second kappa shape index (κ2) is 6.20. The predicted molar refractivity (Wildman–Crippen MR) is 63.5 cm³/mol. The molecule has 4 nitrogen and oxygen atoms in total. The summed E-state index contributed by atoms with van der Waals surface area (Å²) in [4.78, 5) is 23.8. The van der Waals surface area contributed by atoms with Crippen molar-refractivity contribution >= 4 is 29.1 Å². The van der Waals surface area contributed by atoms with Crippen molar-refractivity contribution in [1.82, 2.24) is 5.32 Å². The summed E-state index contributed by atoms with van der Waals surface area (Å²) in [5, 5.41) is 2.36. The molecular formula is C11H12ClFN2O2. The first-order chi connectivity index (χ1) is 8.04. The van der Waals surface area contributed by atoms with Gasteiger partial charge in [0.05, 0.1) is 6.54 Å². The number of hydrogen-bond donors (Lipinski definition) is 1. The summed E-state index contributed by atoms with van der Waals surface area (Å²) in [5.74, 6) is -1.28. The lowest BCUT2D eigenvalue weighted by Crippen LogP contribution is -2.38. The Hall–Kier alpha value is -1.62. The monoisotopic (exact) mass is 258 g/mol. The van der Waals surface area contributed by atoms with E-state index in [0.717, 1.165) is 0 Å². The Kier molecular flexibility index (Phi) is 4.90. The summed E-state index contributed by atoms with van der Waals surface area (Å²) in [6.45, 7) is -0.139. The van der Waals surface area contributed by atoms with E-state index in [1.807, 2.05) is 0 Å². The molecule has 0 fully saturated rings. The number of amides is 2. The van der Waals surface area contributed by atoms with Gasteiger partial charge in [-0.15, -0.1) is 11.6 Å². The van der Waals surface area contributed by atoms with Gasteiger partial charge in [0.25, 0.3) is 0 Å². The molecule has 0 bridgehead atoms. The van der Waals surface area contributed by atoms with Crippen LogP contribution in [0.4, 0.5) is 10.1 Å². The molecule has 0 radical (unpaired) electrons. The number of alkyl halides is 1. The van der Waals surface area contributed by atoms with Gasteiger partial charge in [-0.1, -0.05) is 0 Å². The molecule has 0 aliphatic rings. The van der Waals surface area contributed by atoms with Crippen LogP contribution in [0, 0.1) is 5.82 Å². The molecule has 0 aliphatic heterocycles. The molecule has 1 rings (SSSR count). The van der Waals surface area contributed by atoms with E-state index >= 15 is 0 Å². The van der Waals surface area contributed by atoms with Crippen LogP contribution < -0.4 is 10.2 Å². The third-order valence-corrected chi connectivity index (χ3v) is 2.39. The van der Waals surface area contributed by atoms with E-state index in [2.05, 4.69) is 5.32 Å². The molecule has 92 valence electrons. The van der Waals surface area contributed by atoms with Crippen molar-refractivity contribution in [1.29, 1.82) is 0 Å². The summed E-state index contributed by atoms with van der Waals surface area (Å²) >= 11 is 5.27. The van der Waals surface area contributed by atoms with Gasteiger partial charge in [-0.25, -0.2) is 4.39 Å². The molecular weight excluding hydrogens is 247 g/mol. The van der Waals surface area contributed by atoms with Gasteiger partial charge in [-0.2, -0.15) is 0 Å². The van der Waals surface area contributed by atoms with E-state index in [4.69, 9.17) is 11.6 Å². The summed E-state index contributed by atoms with van der Waals surface area (Å²) in [7, 11) is 1.54. The van der Waals surface area contributed by atoms with Gasteiger partial charge in [0.1, 0.15) is 11.7 Å². The van der Waals surface area contributed by atoms with Crippen LogP contribution in [0.3, 0.4) is 0 Å². The fourth-order valence-electron chi connectivity index (χ4n) is 1.15. The van der Waals surface area contributed by atoms with Crippen molar-refractivity contribution < 1.29 is 14.0 Å².